The van der Waals surface area contributed by atoms with Crippen molar-refractivity contribution in [3.05, 3.63) is 46.4 Å². The molecule has 0 saturated carbocycles. The molecule has 1 saturated heterocycles. The topological polar surface area (TPSA) is 114 Å². The summed E-state index contributed by atoms with van der Waals surface area (Å²) >= 11 is 0. The van der Waals surface area contributed by atoms with E-state index in [2.05, 4.69) is 10.4 Å². The maximum atomic E-state index is 12.6. The molecule has 2 amide bonds. The first-order valence-corrected chi connectivity index (χ1v) is 10.3. The van der Waals surface area contributed by atoms with Crippen LogP contribution >= 0.6 is 0 Å². The lowest BCUT2D eigenvalue weighted by atomic mass is 10.0. The van der Waals surface area contributed by atoms with Crippen molar-refractivity contribution in [3.8, 4) is 16.9 Å². The fraction of sp³-hybridized carbons (Fsp3) is 0.455. The second kappa shape index (κ2) is 9.63. The Bertz CT molecular complexity index is 1000. The number of nitrogens with zero attached hydrogens (tertiary/aromatic N) is 3. The summed E-state index contributed by atoms with van der Waals surface area (Å²) < 4.78 is 6.49. The summed E-state index contributed by atoms with van der Waals surface area (Å²) in [5.41, 5.74) is 1.46. The number of aryl methyl sites for hydroxylation is 1. The van der Waals surface area contributed by atoms with Gasteiger partial charge in [-0.25, -0.2) is 14.3 Å². The number of urea groups is 1. The van der Waals surface area contributed by atoms with E-state index in [1.165, 1.54) is 18.0 Å². The maximum Gasteiger partial charge on any atom is 0.326 e. The number of carboxylic acids is 1. The minimum Gasteiger partial charge on any atom is -0.494 e. The molecule has 0 spiro atoms. The third-order valence-corrected chi connectivity index (χ3v) is 5.66. The Labute approximate surface area is 180 Å². The zero-order valence-corrected chi connectivity index (χ0v) is 18.0. The van der Waals surface area contributed by atoms with Gasteiger partial charge < -0.3 is 20.1 Å². The molecule has 2 atom stereocenters. The highest BCUT2D eigenvalue weighted by atomic mass is 16.5. The van der Waals surface area contributed by atoms with Crippen molar-refractivity contribution in [2.45, 2.75) is 44.7 Å². The van der Waals surface area contributed by atoms with Gasteiger partial charge in [-0.1, -0.05) is 24.3 Å². The summed E-state index contributed by atoms with van der Waals surface area (Å²) in [5, 5.41) is 16.2. The molecule has 31 heavy (non-hydrogen) atoms. The van der Waals surface area contributed by atoms with Crippen LogP contribution in [0.4, 0.5) is 4.79 Å². The molecule has 0 radical (unpaired) electrons. The van der Waals surface area contributed by atoms with Crippen molar-refractivity contribution in [2.24, 2.45) is 7.05 Å². The van der Waals surface area contributed by atoms with Crippen LogP contribution < -0.4 is 15.6 Å². The van der Waals surface area contributed by atoms with Gasteiger partial charge in [-0.2, -0.15) is 5.10 Å². The fourth-order valence-corrected chi connectivity index (χ4v) is 3.82. The van der Waals surface area contributed by atoms with Crippen LogP contribution in [-0.2, 0) is 18.3 Å². The van der Waals surface area contributed by atoms with Crippen molar-refractivity contribution in [2.75, 3.05) is 13.7 Å². The highest BCUT2D eigenvalue weighted by Crippen LogP contribution is 2.26. The number of carboxylic acid groups (broad SMARTS) is 1. The molecular formula is C22H28N4O5. The molecule has 1 aliphatic heterocycles. The first-order chi connectivity index (χ1) is 14.8. The summed E-state index contributed by atoms with van der Waals surface area (Å²) in [6, 6.07) is 5.68. The van der Waals surface area contributed by atoms with Crippen molar-refractivity contribution < 1.29 is 19.4 Å². The molecule has 2 aromatic rings. The Morgan fingerprint density at radius 2 is 2.00 bits per heavy atom. The SMILES string of the molecule is COc1cnn(C)c(=O)c1-c1ccc(C[C@H](NC(=O)N2CCCCC2C)C(=O)O)cc1. The second-order valence-electron chi connectivity index (χ2n) is 7.80. The molecule has 1 unspecified atom stereocenters. The third-order valence-electron chi connectivity index (χ3n) is 5.66. The number of likely N-dealkylation sites (tertiary alicyclic amines) is 1. The summed E-state index contributed by atoms with van der Waals surface area (Å²) in [5.74, 6) is -0.728. The number of ether oxygens (including phenoxy) is 1. The predicted octanol–water partition coefficient (Wildman–Crippen LogP) is 2.04. The molecule has 9 heteroatoms. The average molecular weight is 428 g/mol. The first-order valence-electron chi connectivity index (χ1n) is 10.3. The first kappa shape index (κ1) is 22.3. The van der Waals surface area contributed by atoms with Gasteiger partial charge in [0, 0.05) is 26.1 Å². The molecule has 1 fully saturated rings. The molecule has 2 N–H and O–H groups in total. The Morgan fingerprint density at radius 1 is 1.29 bits per heavy atom. The zero-order valence-electron chi connectivity index (χ0n) is 18.0. The van der Waals surface area contributed by atoms with E-state index in [1.54, 1.807) is 36.2 Å². The summed E-state index contributed by atoms with van der Waals surface area (Å²) in [7, 11) is 3.03. The molecule has 3 rings (SSSR count). The molecule has 0 bridgehead atoms. The van der Waals surface area contributed by atoms with E-state index < -0.39 is 12.0 Å². The second-order valence-corrected chi connectivity index (χ2v) is 7.80. The monoisotopic (exact) mass is 428 g/mol. The molecule has 1 aromatic carbocycles. The van der Waals surface area contributed by atoms with E-state index in [0.717, 1.165) is 24.8 Å². The average Bonchev–Trinajstić information content (AvgIpc) is 2.76. The lowest BCUT2D eigenvalue weighted by Gasteiger charge is -2.34. The number of hydrogen-bond donors (Lipinski definition) is 2. The standard InChI is InChI=1S/C22H28N4O5/c1-14-6-4-5-11-26(14)22(30)24-17(21(28)29)12-15-7-9-16(10-8-15)19-18(31-3)13-23-25(2)20(19)27/h7-10,13-14,17H,4-6,11-12H2,1-3H3,(H,24,30)(H,28,29)/t14?,17-/m0/s1. The van der Waals surface area contributed by atoms with Crippen molar-refractivity contribution >= 4 is 12.0 Å². The van der Waals surface area contributed by atoms with Crippen LogP contribution in [0.25, 0.3) is 11.1 Å². The van der Waals surface area contributed by atoms with Crippen molar-refractivity contribution in [1.82, 2.24) is 20.0 Å². The van der Waals surface area contributed by atoms with E-state index in [-0.39, 0.29) is 24.1 Å². The zero-order chi connectivity index (χ0) is 22.5. The van der Waals surface area contributed by atoms with Gasteiger partial charge >= 0.3 is 12.0 Å². The highest BCUT2D eigenvalue weighted by molar-refractivity contribution is 5.83. The van der Waals surface area contributed by atoms with E-state index in [0.29, 0.717) is 23.4 Å². The number of aromatic nitrogens is 2. The van der Waals surface area contributed by atoms with Gasteiger partial charge in [-0.3, -0.25) is 4.79 Å². The summed E-state index contributed by atoms with van der Waals surface area (Å²) in [6.45, 7) is 2.61. The molecule has 166 valence electrons. The van der Waals surface area contributed by atoms with Gasteiger partial charge in [-0.05, 0) is 37.3 Å². The number of methoxy groups -OCH3 is 1. The molecule has 1 aromatic heterocycles. The number of carbonyl (C=O) groups is 2. The number of rotatable bonds is 6. The number of benzene rings is 1. The van der Waals surface area contributed by atoms with E-state index in [9.17, 15) is 19.5 Å². The minimum absolute atomic E-state index is 0.0976. The molecule has 1 aliphatic rings. The van der Waals surface area contributed by atoms with E-state index >= 15 is 0 Å². The van der Waals surface area contributed by atoms with Gasteiger partial charge in [0.15, 0.2) is 5.75 Å². The van der Waals surface area contributed by atoms with Gasteiger partial charge in [0.1, 0.15) is 6.04 Å². The molecule has 9 nitrogen and oxygen atoms in total. The van der Waals surface area contributed by atoms with Crippen LogP contribution in [0.3, 0.4) is 0 Å². The third kappa shape index (κ3) is 5.04. The van der Waals surface area contributed by atoms with Crippen LogP contribution in [0, 0.1) is 0 Å². The van der Waals surface area contributed by atoms with Crippen LogP contribution in [0.5, 0.6) is 5.75 Å². The summed E-state index contributed by atoms with van der Waals surface area (Å²) in [6.07, 6.45) is 4.53. The minimum atomic E-state index is -1.09. The Kier molecular flexibility index (Phi) is 6.94. The van der Waals surface area contributed by atoms with Gasteiger partial charge in [0.2, 0.25) is 0 Å². The Balaban J connectivity index is 1.76. The van der Waals surface area contributed by atoms with Gasteiger partial charge in [-0.15, -0.1) is 0 Å². The maximum absolute atomic E-state index is 12.6. The van der Waals surface area contributed by atoms with E-state index in [1.807, 2.05) is 6.92 Å². The van der Waals surface area contributed by atoms with E-state index in [4.69, 9.17) is 4.74 Å². The Morgan fingerprint density at radius 3 is 2.61 bits per heavy atom. The number of hydrogen-bond acceptors (Lipinski definition) is 5. The van der Waals surface area contributed by atoms with Gasteiger partial charge in [0.25, 0.3) is 5.56 Å². The molecular weight excluding hydrogens is 400 g/mol. The fourth-order valence-electron chi connectivity index (χ4n) is 3.82. The van der Waals surface area contributed by atoms with Gasteiger partial charge in [0.05, 0.1) is 18.9 Å². The molecule has 2 heterocycles. The predicted molar refractivity (Wildman–Crippen MR) is 115 cm³/mol. The largest absolute Gasteiger partial charge is 0.494 e. The number of carbonyl (C=O) groups excluding carboxylic acids is 1. The van der Waals surface area contributed by atoms with Crippen LogP contribution in [0.15, 0.2) is 35.3 Å². The number of aliphatic carboxylic acids is 1. The highest BCUT2D eigenvalue weighted by Gasteiger charge is 2.27. The molecule has 0 aliphatic carbocycles. The smallest absolute Gasteiger partial charge is 0.326 e. The van der Waals surface area contributed by atoms with Crippen molar-refractivity contribution in [1.29, 1.82) is 0 Å². The lowest BCUT2D eigenvalue weighted by Crippen LogP contribution is -2.52. The van der Waals surface area contributed by atoms with Crippen LogP contribution in [-0.4, -0.2) is 57.5 Å². The van der Waals surface area contributed by atoms with Crippen LogP contribution in [0.2, 0.25) is 0 Å². The number of nitrogens with one attached hydrogen (secondary N) is 1. The van der Waals surface area contributed by atoms with Crippen LogP contribution in [0.1, 0.15) is 31.7 Å². The quantitative estimate of drug-likeness (QED) is 0.728. The number of piperidine rings is 1. The normalized spacial score (nSPS) is 17.1. The lowest BCUT2D eigenvalue weighted by molar-refractivity contribution is -0.139. The summed E-state index contributed by atoms with van der Waals surface area (Å²) in [4.78, 5) is 38.5. The number of amides is 2. The van der Waals surface area contributed by atoms with Crippen molar-refractivity contribution in [3.63, 3.8) is 0 Å². The Hall–Kier alpha value is -3.36.